The number of fused-ring (bicyclic) bond motifs is 3. The summed E-state index contributed by atoms with van der Waals surface area (Å²) in [6.07, 6.45) is 2.76. The molecule has 3 fully saturated rings. The number of benzene rings is 2. The van der Waals surface area contributed by atoms with Crippen molar-refractivity contribution >= 4 is 27.4 Å². The molecular weight excluding hydrogens is 366 g/mol. The zero-order chi connectivity index (χ0) is 16.7. The molecule has 1 saturated carbocycles. The van der Waals surface area contributed by atoms with Gasteiger partial charge < -0.3 is 9.64 Å². The summed E-state index contributed by atoms with van der Waals surface area (Å²) in [5, 5.41) is 0. The molecule has 3 atom stereocenters. The van der Waals surface area contributed by atoms with E-state index in [-0.39, 0.29) is 12.0 Å². The van der Waals surface area contributed by atoms with E-state index in [1.54, 1.807) is 7.11 Å². The quantitative estimate of drug-likeness (QED) is 0.762. The number of hydrogen-bond donors (Lipinski definition) is 0. The lowest BCUT2D eigenvalue weighted by atomic mass is 9.71. The van der Waals surface area contributed by atoms with Crippen LogP contribution in [0, 0.1) is 5.92 Å². The molecule has 0 N–H and O–H groups in total. The molecule has 124 valence electrons. The molecule has 5 rings (SSSR count). The van der Waals surface area contributed by atoms with Gasteiger partial charge in [-0.15, -0.1) is 0 Å². The van der Waals surface area contributed by atoms with Crippen molar-refractivity contribution in [3.05, 3.63) is 58.6 Å². The smallest absolute Gasteiger partial charge is 0.140 e. The fourth-order valence-corrected chi connectivity index (χ4v) is 4.45. The number of piperidine rings is 2. The summed E-state index contributed by atoms with van der Waals surface area (Å²) in [5.74, 6) is 1.37. The molecule has 4 heteroatoms. The number of methoxy groups -OCH3 is 1. The van der Waals surface area contributed by atoms with Gasteiger partial charge in [-0.05, 0) is 54.8 Å². The number of hydrogen-bond acceptors (Lipinski definition) is 3. The second-order valence-corrected chi connectivity index (χ2v) is 7.53. The second kappa shape index (κ2) is 6.25. The molecule has 0 aromatic heterocycles. The monoisotopic (exact) mass is 385 g/mol. The van der Waals surface area contributed by atoms with Crippen molar-refractivity contribution in [2.24, 2.45) is 5.92 Å². The van der Waals surface area contributed by atoms with E-state index < -0.39 is 0 Å². The van der Waals surface area contributed by atoms with Crippen molar-refractivity contribution < 1.29 is 9.53 Å². The Labute approximate surface area is 150 Å². The minimum absolute atomic E-state index is 0.0956. The van der Waals surface area contributed by atoms with Gasteiger partial charge in [-0.2, -0.15) is 0 Å². The fraction of sp³-hybridized carbons (Fsp3) is 0.350. The number of ketones is 1. The van der Waals surface area contributed by atoms with Crippen molar-refractivity contribution in [2.45, 2.75) is 31.3 Å². The summed E-state index contributed by atoms with van der Waals surface area (Å²) in [6, 6.07) is 17.0. The van der Waals surface area contributed by atoms with Gasteiger partial charge in [0.2, 0.25) is 0 Å². The Kier molecular flexibility index (Phi) is 4.09. The minimum Gasteiger partial charge on any atom is -0.497 e. The number of rotatable bonds is 3. The molecule has 2 bridgehead atoms. The zero-order valence-corrected chi connectivity index (χ0v) is 15.2. The number of halogens is 1. The molecule has 3 aliphatic rings. The van der Waals surface area contributed by atoms with Crippen LogP contribution in [0.1, 0.15) is 30.9 Å². The first-order valence-electron chi connectivity index (χ1n) is 8.38. The van der Waals surface area contributed by atoms with Crippen LogP contribution >= 0.6 is 15.9 Å². The van der Waals surface area contributed by atoms with Gasteiger partial charge in [0.1, 0.15) is 11.5 Å². The molecule has 1 aliphatic carbocycles. The molecule has 0 amide bonds. The van der Waals surface area contributed by atoms with E-state index in [0.717, 1.165) is 23.1 Å². The number of carbonyl (C=O) groups is 1. The van der Waals surface area contributed by atoms with Gasteiger partial charge >= 0.3 is 0 Å². The van der Waals surface area contributed by atoms with E-state index in [9.17, 15) is 4.79 Å². The number of nitrogens with zero attached hydrogens (tertiary/aromatic N) is 1. The second-order valence-electron chi connectivity index (χ2n) is 6.61. The largest absolute Gasteiger partial charge is 0.497 e. The summed E-state index contributed by atoms with van der Waals surface area (Å²) in [7, 11) is 1.68. The van der Waals surface area contributed by atoms with Gasteiger partial charge in [-0.25, -0.2) is 0 Å². The Balaban J connectivity index is 1.76. The highest BCUT2D eigenvalue weighted by Gasteiger charge is 2.47. The maximum atomic E-state index is 12.5. The molecule has 0 radical (unpaired) electrons. The number of Topliss-reactive ketones (excluding diaryl/α,β-unsaturated/α-hetero) is 1. The first-order valence-corrected chi connectivity index (χ1v) is 9.17. The van der Waals surface area contributed by atoms with Gasteiger partial charge in [0.15, 0.2) is 0 Å². The van der Waals surface area contributed by atoms with Crippen LogP contribution in [0.25, 0.3) is 0 Å². The molecule has 2 aliphatic heterocycles. The van der Waals surface area contributed by atoms with Gasteiger partial charge in [0, 0.05) is 28.5 Å². The summed E-state index contributed by atoms with van der Waals surface area (Å²) in [6.45, 7) is 0. The minimum atomic E-state index is 0.0956. The van der Waals surface area contributed by atoms with Crippen molar-refractivity contribution in [1.82, 2.24) is 0 Å². The van der Waals surface area contributed by atoms with E-state index >= 15 is 0 Å². The predicted molar refractivity (Wildman–Crippen MR) is 98.5 cm³/mol. The highest BCUT2D eigenvalue weighted by atomic mass is 79.9. The van der Waals surface area contributed by atoms with Crippen LogP contribution in [0.4, 0.5) is 5.69 Å². The van der Waals surface area contributed by atoms with Crippen LogP contribution in [0.5, 0.6) is 5.75 Å². The molecule has 3 nitrogen and oxygen atoms in total. The van der Waals surface area contributed by atoms with Crippen molar-refractivity contribution in [2.75, 3.05) is 12.0 Å². The number of carbonyl (C=O) groups excluding carboxylic acids is 1. The predicted octanol–water partition coefficient (Wildman–Crippen LogP) is 4.76. The van der Waals surface area contributed by atoms with Gasteiger partial charge in [0.25, 0.3) is 0 Å². The van der Waals surface area contributed by atoms with Crippen molar-refractivity contribution in [3.8, 4) is 5.75 Å². The van der Waals surface area contributed by atoms with Crippen LogP contribution < -0.4 is 9.64 Å². The van der Waals surface area contributed by atoms with Crippen molar-refractivity contribution in [1.29, 1.82) is 0 Å². The van der Waals surface area contributed by atoms with Gasteiger partial charge in [-0.3, -0.25) is 4.79 Å². The summed E-state index contributed by atoms with van der Waals surface area (Å²) >= 11 is 3.50. The first-order chi connectivity index (χ1) is 11.7. The van der Waals surface area contributed by atoms with Gasteiger partial charge in [0.05, 0.1) is 13.2 Å². The van der Waals surface area contributed by atoms with Crippen LogP contribution in [0.2, 0.25) is 0 Å². The lowest BCUT2D eigenvalue weighted by Crippen LogP contribution is -2.54. The van der Waals surface area contributed by atoms with Crippen LogP contribution in [0.15, 0.2) is 53.0 Å². The van der Waals surface area contributed by atoms with E-state index in [4.69, 9.17) is 4.74 Å². The molecule has 2 aromatic carbocycles. The molecule has 24 heavy (non-hydrogen) atoms. The molecule has 0 spiro atoms. The third-order valence-electron chi connectivity index (χ3n) is 5.32. The molecule has 2 heterocycles. The van der Waals surface area contributed by atoms with Crippen LogP contribution in [-0.2, 0) is 4.79 Å². The van der Waals surface area contributed by atoms with Gasteiger partial charge in [-0.1, -0.05) is 28.1 Å². The lowest BCUT2D eigenvalue weighted by molar-refractivity contribution is -0.128. The van der Waals surface area contributed by atoms with E-state index in [0.29, 0.717) is 18.2 Å². The summed E-state index contributed by atoms with van der Waals surface area (Å²) in [5.41, 5.74) is 2.39. The Morgan fingerprint density at radius 3 is 2.38 bits per heavy atom. The van der Waals surface area contributed by atoms with E-state index in [1.807, 2.05) is 12.1 Å². The Morgan fingerprint density at radius 2 is 1.75 bits per heavy atom. The fourth-order valence-electron chi connectivity index (χ4n) is 4.19. The summed E-state index contributed by atoms with van der Waals surface area (Å²) in [4.78, 5) is 15.0. The number of anilines is 1. The highest BCUT2D eigenvalue weighted by molar-refractivity contribution is 9.10. The third-order valence-corrected chi connectivity index (χ3v) is 5.85. The van der Waals surface area contributed by atoms with E-state index in [1.165, 1.54) is 11.3 Å². The Morgan fingerprint density at radius 1 is 1.04 bits per heavy atom. The first kappa shape index (κ1) is 15.7. The van der Waals surface area contributed by atoms with Crippen LogP contribution in [-0.4, -0.2) is 18.9 Å². The number of ether oxygens (including phenoxy) is 1. The standard InChI is InChI=1S/C20H20BrNO2/c1-24-17-9-6-15(7-10-17)22-16-8-11-18(19(23)12-16)20(22)13-2-4-14(21)5-3-13/h2-7,9-10,16,18,20H,8,11-12H2,1H3/t16-,18+,20-/m0/s1. The molecule has 2 saturated heterocycles. The topological polar surface area (TPSA) is 29.5 Å². The average molecular weight is 386 g/mol. The third kappa shape index (κ3) is 2.63. The van der Waals surface area contributed by atoms with Crippen LogP contribution in [0.3, 0.4) is 0 Å². The zero-order valence-electron chi connectivity index (χ0n) is 13.6. The summed E-state index contributed by atoms with van der Waals surface area (Å²) < 4.78 is 6.35. The molecule has 2 aromatic rings. The Hall–Kier alpha value is -1.81. The lowest BCUT2D eigenvalue weighted by Gasteiger charge is -2.52. The Bertz CT molecular complexity index is 741. The SMILES string of the molecule is COc1ccc(N2[C@H]3CC[C@H](C(=O)C3)[C@@H]2c2ccc(Br)cc2)cc1. The molecular formula is C20H20BrNO2. The molecule has 0 unspecified atom stereocenters. The average Bonchev–Trinajstić information content (AvgIpc) is 2.62. The maximum absolute atomic E-state index is 12.5. The van der Waals surface area contributed by atoms with Crippen molar-refractivity contribution in [3.63, 3.8) is 0 Å². The van der Waals surface area contributed by atoms with E-state index in [2.05, 4.69) is 57.2 Å². The normalized spacial score (nSPS) is 25.8. The highest BCUT2D eigenvalue weighted by Crippen LogP contribution is 2.48. The maximum Gasteiger partial charge on any atom is 0.140 e.